The molecule has 0 saturated carbocycles. The van der Waals surface area contributed by atoms with Crippen molar-refractivity contribution in [3.63, 3.8) is 0 Å². The van der Waals surface area contributed by atoms with E-state index in [0.717, 1.165) is 23.4 Å². The van der Waals surface area contributed by atoms with Gasteiger partial charge < -0.3 is 21.1 Å². The van der Waals surface area contributed by atoms with Crippen molar-refractivity contribution in [2.45, 2.75) is 32.2 Å². The lowest BCUT2D eigenvalue weighted by Crippen LogP contribution is -2.50. The van der Waals surface area contributed by atoms with Crippen LogP contribution in [-0.4, -0.2) is 52.9 Å². The number of aliphatic carboxylic acids is 1. The molecule has 0 bridgehead atoms. The van der Waals surface area contributed by atoms with Crippen molar-refractivity contribution >= 4 is 46.9 Å². The number of nitrogens with one attached hydrogen (secondary N) is 3. The highest BCUT2D eigenvalue weighted by molar-refractivity contribution is 6.40. The van der Waals surface area contributed by atoms with E-state index >= 15 is 0 Å². The van der Waals surface area contributed by atoms with Gasteiger partial charge in [-0.3, -0.25) is 19.4 Å². The first-order valence-corrected chi connectivity index (χ1v) is 13.0. The van der Waals surface area contributed by atoms with Crippen molar-refractivity contribution in [3.05, 3.63) is 87.7 Å². The molecule has 3 rings (SSSR count). The van der Waals surface area contributed by atoms with E-state index in [1.54, 1.807) is 12.1 Å². The van der Waals surface area contributed by atoms with Gasteiger partial charge in [-0.15, -0.1) is 0 Å². The number of carboxylic acid groups (broad SMARTS) is 1. The first-order chi connectivity index (χ1) is 18.7. The number of nitrogens with zero attached hydrogens (tertiary/aromatic N) is 1. The summed E-state index contributed by atoms with van der Waals surface area (Å²) < 4.78 is 0. The van der Waals surface area contributed by atoms with Crippen molar-refractivity contribution in [1.29, 1.82) is 0 Å². The molecule has 0 saturated heterocycles. The molecule has 2 aromatic carbocycles. The second kappa shape index (κ2) is 14.3. The number of hydrogen-bond acceptors (Lipinski definition) is 5. The van der Waals surface area contributed by atoms with Gasteiger partial charge >= 0.3 is 5.97 Å². The molecule has 0 fully saturated rings. The Morgan fingerprint density at radius 1 is 0.872 bits per heavy atom. The molecule has 1 atom stereocenters. The topological polar surface area (TPSA) is 137 Å². The Kier molecular flexibility index (Phi) is 10.8. The highest BCUT2D eigenvalue weighted by Crippen LogP contribution is 2.31. The SMILES string of the molecule is CCc1cccc(CCC(=O)NCC(=O)NC[C@H](NC(=O)c2c(Cl)cc(-c3ccccc3)cc2Cl)C(=O)O)n1. The molecule has 0 spiro atoms. The smallest absolute Gasteiger partial charge is 0.328 e. The molecule has 0 aliphatic heterocycles. The monoisotopic (exact) mass is 570 g/mol. The number of rotatable bonds is 12. The Hall–Kier alpha value is -3.95. The van der Waals surface area contributed by atoms with Gasteiger partial charge in [0.1, 0.15) is 6.04 Å². The van der Waals surface area contributed by atoms with Gasteiger partial charge in [-0.2, -0.15) is 0 Å². The summed E-state index contributed by atoms with van der Waals surface area (Å²) in [6.07, 6.45) is 1.36. The third kappa shape index (κ3) is 8.80. The minimum absolute atomic E-state index is 0.0476. The fourth-order valence-electron chi connectivity index (χ4n) is 3.67. The summed E-state index contributed by atoms with van der Waals surface area (Å²) in [6.45, 7) is 1.23. The molecule has 1 heterocycles. The van der Waals surface area contributed by atoms with Gasteiger partial charge in [0.2, 0.25) is 11.8 Å². The van der Waals surface area contributed by atoms with E-state index in [1.807, 2.05) is 55.5 Å². The van der Waals surface area contributed by atoms with Crippen LogP contribution in [0.3, 0.4) is 0 Å². The van der Waals surface area contributed by atoms with Gasteiger partial charge in [-0.05, 0) is 48.2 Å². The highest BCUT2D eigenvalue weighted by Gasteiger charge is 2.24. The number of pyridine rings is 1. The summed E-state index contributed by atoms with van der Waals surface area (Å²) in [5.41, 5.74) is 3.16. The summed E-state index contributed by atoms with van der Waals surface area (Å²) >= 11 is 12.6. The van der Waals surface area contributed by atoms with Crippen molar-refractivity contribution < 1.29 is 24.3 Å². The van der Waals surface area contributed by atoms with Crippen LogP contribution in [0.1, 0.15) is 35.1 Å². The summed E-state index contributed by atoms with van der Waals surface area (Å²) in [5.74, 6) is -3.14. The van der Waals surface area contributed by atoms with Crippen LogP contribution in [0.5, 0.6) is 0 Å². The number of carbonyl (C=O) groups excluding carboxylic acids is 3. The summed E-state index contributed by atoms with van der Waals surface area (Å²) in [5, 5.41) is 16.8. The maximum absolute atomic E-state index is 12.8. The van der Waals surface area contributed by atoms with Gasteiger partial charge in [0.25, 0.3) is 5.91 Å². The average molecular weight is 571 g/mol. The molecular weight excluding hydrogens is 543 g/mol. The van der Waals surface area contributed by atoms with Crippen LogP contribution in [0.4, 0.5) is 0 Å². The number of carboxylic acids is 1. The molecule has 3 aromatic rings. The Labute approximate surface area is 235 Å². The van der Waals surface area contributed by atoms with E-state index in [0.29, 0.717) is 12.0 Å². The van der Waals surface area contributed by atoms with Crippen molar-refractivity contribution in [2.24, 2.45) is 0 Å². The number of halogens is 2. The van der Waals surface area contributed by atoms with Gasteiger partial charge in [0.05, 0.1) is 22.2 Å². The predicted octanol–water partition coefficient (Wildman–Crippen LogP) is 3.67. The normalized spacial score (nSPS) is 11.4. The zero-order chi connectivity index (χ0) is 28.4. The summed E-state index contributed by atoms with van der Waals surface area (Å²) in [6, 6.07) is 16.6. The van der Waals surface area contributed by atoms with Crippen LogP contribution < -0.4 is 16.0 Å². The van der Waals surface area contributed by atoms with Crippen LogP contribution in [0.25, 0.3) is 11.1 Å². The number of aryl methyl sites for hydroxylation is 2. The lowest BCUT2D eigenvalue weighted by atomic mass is 10.0. The molecule has 3 amide bonds. The molecule has 0 unspecified atom stereocenters. The minimum Gasteiger partial charge on any atom is -0.480 e. The number of carbonyl (C=O) groups is 4. The molecular formula is C28H28Cl2N4O5. The maximum atomic E-state index is 12.8. The lowest BCUT2D eigenvalue weighted by molar-refractivity contribution is -0.139. The first-order valence-electron chi connectivity index (χ1n) is 12.2. The van der Waals surface area contributed by atoms with Crippen LogP contribution in [0.15, 0.2) is 60.7 Å². The van der Waals surface area contributed by atoms with E-state index in [2.05, 4.69) is 20.9 Å². The van der Waals surface area contributed by atoms with E-state index in [9.17, 15) is 24.3 Å². The Balaban J connectivity index is 1.50. The second-order valence-corrected chi connectivity index (χ2v) is 9.41. The fourth-order valence-corrected chi connectivity index (χ4v) is 4.33. The minimum atomic E-state index is -1.46. The van der Waals surface area contributed by atoms with E-state index in [1.165, 1.54) is 0 Å². The fraction of sp³-hybridized carbons (Fsp3) is 0.250. The van der Waals surface area contributed by atoms with Crippen molar-refractivity contribution in [2.75, 3.05) is 13.1 Å². The second-order valence-electron chi connectivity index (χ2n) is 8.60. The van der Waals surface area contributed by atoms with E-state index in [-0.39, 0.29) is 34.5 Å². The van der Waals surface area contributed by atoms with Gasteiger partial charge in [-0.25, -0.2) is 4.79 Å². The van der Waals surface area contributed by atoms with Gasteiger partial charge in [0.15, 0.2) is 0 Å². The van der Waals surface area contributed by atoms with E-state index < -0.39 is 30.4 Å². The molecule has 11 heteroatoms. The molecule has 204 valence electrons. The van der Waals surface area contributed by atoms with Crippen molar-refractivity contribution in [1.82, 2.24) is 20.9 Å². The highest BCUT2D eigenvalue weighted by atomic mass is 35.5. The molecule has 1 aromatic heterocycles. The van der Waals surface area contributed by atoms with Gasteiger partial charge in [0, 0.05) is 24.4 Å². The number of aromatic nitrogens is 1. The summed E-state index contributed by atoms with van der Waals surface area (Å²) in [7, 11) is 0. The Morgan fingerprint density at radius 2 is 1.54 bits per heavy atom. The zero-order valence-electron chi connectivity index (χ0n) is 21.2. The number of amides is 3. The van der Waals surface area contributed by atoms with Crippen LogP contribution >= 0.6 is 23.2 Å². The molecule has 0 radical (unpaired) electrons. The molecule has 39 heavy (non-hydrogen) atoms. The molecule has 0 aliphatic carbocycles. The number of hydrogen-bond donors (Lipinski definition) is 4. The predicted molar refractivity (Wildman–Crippen MR) is 149 cm³/mol. The average Bonchev–Trinajstić information content (AvgIpc) is 2.93. The standard InChI is InChI=1S/C28H28Cl2N4O5/c1-2-19-9-6-10-20(33-19)11-12-24(35)32-16-25(36)31-15-23(28(38)39)34-27(37)26-21(29)13-18(14-22(26)30)17-7-4-3-5-8-17/h3-10,13-14,23H,2,11-12,15-16H2,1H3,(H,31,36)(H,32,35)(H,34,37)(H,38,39)/t23-/m0/s1. The molecule has 4 N–H and O–H groups in total. The Morgan fingerprint density at radius 3 is 2.18 bits per heavy atom. The summed E-state index contributed by atoms with van der Waals surface area (Å²) in [4.78, 5) is 53.3. The number of benzene rings is 2. The zero-order valence-corrected chi connectivity index (χ0v) is 22.7. The first kappa shape index (κ1) is 29.6. The Bertz CT molecular complexity index is 1330. The van der Waals surface area contributed by atoms with Gasteiger partial charge in [-0.1, -0.05) is 66.5 Å². The quantitative estimate of drug-likeness (QED) is 0.262. The van der Waals surface area contributed by atoms with Crippen LogP contribution in [-0.2, 0) is 27.2 Å². The maximum Gasteiger partial charge on any atom is 0.328 e. The third-order valence-electron chi connectivity index (χ3n) is 5.76. The van der Waals surface area contributed by atoms with Crippen LogP contribution in [0, 0.1) is 0 Å². The lowest BCUT2D eigenvalue weighted by Gasteiger charge is -2.17. The van der Waals surface area contributed by atoms with Crippen LogP contribution in [0.2, 0.25) is 10.0 Å². The van der Waals surface area contributed by atoms with Crippen molar-refractivity contribution in [3.8, 4) is 11.1 Å². The molecule has 0 aliphatic rings. The largest absolute Gasteiger partial charge is 0.480 e. The third-order valence-corrected chi connectivity index (χ3v) is 6.36. The molecule has 9 nitrogen and oxygen atoms in total. The van der Waals surface area contributed by atoms with E-state index in [4.69, 9.17) is 23.2 Å².